The van der Waals surface area contributed by atoms with Crippen LogP contribution < -0.4 is 10.2 Å². The van der Waals surface area contributed by atoms with E-state index in [9.17, 15) is 4.79 Å². The van der Waals surface area contributed by atoms with Crippen molar-refractivity contribution in [2.24, 2.45) is 0 Å². The van der Waals surface area contributed by atoms with Gasteiger partial charge in [0, 0.05) is 24.0 Å². The van der Waals surface area contributed by atoms with E-state index in [1.54, 1.807) is 30.6 Å². The molecule has 0 unspecified atom stereocenters. The van der Waals surface area contributed by atoms with Crippen molar-refractivity contribution in [3.63, 3.8) is 0 Å². The maximum absolute atomic E-state index is 10.9. The second-order valence-corrected chi connectivity index (χ2v) is 6.15. The summed E-state index contributed by atoms with van der Waals surface area (Å²) in [6.45, 7) is 0.917. The third-order valence-electron chi connectivity index (χ3n) is 4.44. The molecule has 3 aromatic rings. The van der Waals surface area contributed by atoms with Gasteiger partial charge in [-0.05, 0) is 48.7 Å². The van der Waals surface area contributed by atoms with Crippen LogP contribution in [0.15, 0.2) is 60.9 Å². The molecule has 2 heterocycles. The van der Waals surface area contributed by atoms with Crippen LogP contribution in [-0.2, 0) is 6.42 Å². The zero-order valence-electron chi connectivity index (χ0n) is 14.1. The zero-order valence-corrected chi connectivity index (χ0v) is 14.1. The van der Waals surface area contributed by atoms with E-state index >= 15 is 0 Å². The minimum absolute atomic E-state index is 0.254. The van der Waals surface area contributed by atoms with E-state index in [0.717, 1.165) is 30.9 Å². The highest BCUT2D eigenvalue weighted by Crippen LogP contribution is 2.32. The average Bonchev–Trinajstić information content (AvgIpc) is 2.68. The largest absolute Gasteiger partial charge is 0.478 e. The number of aromatic carboxylic acids is 1. The van der Waals surface area contributed by atoms with Crippen LogP contribution in [0.1, 0.15) is 22.3 Å². The lowest BCUT2D eigenvalue weighted by Crippen LogP contribution is -2.25. The molecule has 130 valence electrons. The van der Waals surface area contributed by atoms with Crippen LogP contribution in [0.25, 0.3) is 0 Å². The molecule has 26 heavy (non-hydrogen) atoms. The van der Waals surface area contributed by atoms with Gasteiger partial charge in [-0.2, -0.15) is 0 Å². The Morgan fingerprint density at radius 1 is 1.08 bits per heavy atom. The number of aryl methyl sites for hydroxylation is 1. The molecule has 0 atom stereocenters. The first-order valence-electron chi connectivity index (χ1n) is 8.48. The van der Waals surface area contributed by atoms with Crippen molar-refractivity contribution in [2.75, 3.05) is 16.8 Å². The van der Waals surface area contributed by atoms with E-state index in [1.807, 2.05) is 12.1 Å². The highest BCUT2D eigenvalue weighted by atomic mass is 16.4. The van der Waals surface area contributed by atoms with Crippen LogP contribution in [0.5, 0.6) is 0 Å². The number of aromatic nitrogens is 2. The monoisotopic (exact) mass is 346 g/mol. The third-order valence-corrected chi connectivity index (χ3v) is 4.44. The standard InChI is InChI=1S/C20H18N4O2/c25-20(26)15-7-9-16(10-8-15)23-18-12-19(22-13-21-18)24-11-3-5-14-4-1-2-6-17(14)24/h1-2,4,6-10,12-13H,3,5,11H2,(H,25,26)(H,21,22,23). The molecule has 0 bridgehead atoms. The number of fused-ring (bicyclic) bond motifs is 1. The van der Waals surface area contributed by atoms with Crippen molar-refractivity contribution in [3.8, 4) is 0 Å². The molecule has 6 nitrogen and oxygen atoms in total. The van der Waals surface area contributed by atoms with Gasteiger partial charge in [-0.15, -0.1) is 0 Å². The molecule has 0 saturated heterocycles. The van der Waals surface area contributed by atoms with Crippen molar-refractivity contribution >= 4 is 29.0 Å². The van der Waals surface area contributed by atoms with E-state index in [4.69, 9.17) is 5.11 Å². The minimum Gasteiger partial charge on any atom is -0.478 e. The highest BCUT2D eigenvalue weighted by molar-refractivity contribution is 5.88. The highest BCUT2D eigenvalue weighted by Gasteiger charge is 2.19. The maximum atomic E-state index is 10.9. The van der Waals surface area contributed by atoms with Crippen LogP contribution in [0.4, 0.5) is 23.0 Å². The molecule has 1 aliphatic heterocycles. The summed E-state index contributed by atoms with van der Waals surface area (Å²) >= 11 is 0. The molecule has 1 aliphatic rings. The molecule has 0 saturated carbocycles. The van der Waals surface area contributed by atoms with Crippen molar-refractivity contribution in [1.29, 1.82) is 0 Å². The van der Waals surface area contributed by atoms with Gasteiger partial charge in [0.15, 0.2) is 0 Å². The van der Waals surface area contributed by atoms with Crippen LogP contribution >= 0.6 is 0 Å². The number of hydrogen-bond donors (Lipinski definition) is 2. The zero-order chi connectivity index (χ0) is 17.9. The average molecular weight is 346 g/mol. The SMILES string of the molecule is O=C(O)c1ccc(Nc2cc(N3CCCc4ccccc43)ncn2)cc1. The number of carboxylic acid groups (broad SMARTS) is 1. The molecule has 0 fully saturated rings. The quantitative estimate of drug-likeness (QED) is 0.743. The van der Waals surface area contributed by atoms with E-state index < -0.39 is 5.97 Å². The Balaban J connectivity index is 1.59. The summed E-state index contributed by atoms with van der Waals surface area (Å²) in [7, 11) is 0. The van der Waals surface area contributed by atoms with Crippen molar-refractivity contribution < 1.29 is 9.90 Å². The van der Waals surface area contributed by atoms with E-state index in [0.29, 0.717) is 5.82 Å². The summed E-state index contributed by atoms with van der Waals surface area (Å²) in [5.74, 6) is 0.572. The van der Waals surface area contributed by atoms with E-state index in [2.05, 4.69) is 38.4 Å². The second-order valence-electron chi connectivity index (χ2n) is 6.15. The van der Waals surface area contributed by atoms with Gasteiger partial charge in [-0.1, -0.05) is 18.2 Å². The molecule has 1 aromatic heterocycles. The topological polar surface area (TPSA) is 78.4 Å². The lowest BCUT2D eigenvalue weighted by molar-refractivity contribution is 0.0697. The van der Waals surface area contributed by atoms with Crippen LogP contribution in [0, 0.1) is 0 Å². The number of benzene rings is 2. The number of carbonyl (C=O) groups is 1. The summed E-state index contributed by atoms with van der Waals surface area (Å²) in [6, 6.07) is 16.9. The fourth-order valence-electron chi connectivity index (χ4n) is 3.18. The molecule has 4 rings (SSSR count). The van der Waals surface area contributed by atoms with Gasteiger partial charge in [0.25, 0.3) is 0 Å². The number of hydrogen-bond acceptors (Lipinski definition) is 5. The van der Waals surface area contributed by atoms with Crippen LogP contribution in [0.3, 0.4) is 0 Å². The Morgan fingerprint density at radius 3 is 2.69 bits per heavy atom. The van der Waals surface area contributed by atoms with Crippen molar-refractivity contribution in [1.82, 2.24) is 9.97 Å². The first-order valence-corrected chi connectivity index (χ1v) is 8.48. The van der Waals surface area contributed by atoms with Gasteiger partial charge in [0.2, 0.25) is 0 Å². The number of nitrogens with one attached hydrogen (secondary N) is 1. The maximum Gasteiger partial charge on any atom is 0.335 e. The van der Waals surface area contributed by atoms with E-state index in [1.165, 1.54) is 11.3 Å². The predicted molar refractivity (Wildman–Crippen MR) is 100 cm³/mol. The molecule has 6 heteroatoms. The van der Waals surface area contributed by atoms with E-state index in [-0.39, 0.29) is 5.56 Å². The molecule has 2 N–H and O–H groups in total. The van der Waals surface area contributed by atoms with Gasteiger partial charge in [-0.3, -0.25) is 0 Å². The van der Waals surface area contributed by atoms with Gasteiger partial charge in [-0.25, -0.2) is 14.8 Å². The molecule has 0 radical (unpaired) electrons. The van der Waals surface area contributed by atoms with Crippen molar-refractivity contribution in [2.45, 2.75) is 12.8 Å². The number of nitrogens with zero attached hydrogens (tertiary/aromatic N) is 3. The smallest absolute Gasteiger partial charge is 0.335 e. The number of carboxylic acids is 1. The van der Waals surface area contributed by atoms with Gasteiger partial charge in [0.05, 0.1) is 5.56 Å². The molecule has 2 aromatic carbocycles. The van der Waals surface area contributed by atoms with Gasteiger partial charge < -0.3 is 15.3 Å². The summed E-state index contributed by atoms with van der Waals surface area (Å²) in [5.41, 5.74) is 3.55. The normalized spacial score (nSPS) is 13.2. The minimum atomic E-state index is -0.940. The van der Waals surface area contributed by atoms with Crippen LogP contribution in [-0.4, -0.2) is 27.6 Å². The van der Waals surface area contributed by atoms with Crippen LogP contribution in [0.2, 0.25) is 0 Å². The summed E-state index contributed by atoms with van der Waals surface area (Å²) in [6.07, 6.45) is 3.71. The first-order chi connectivity index (χ1) is 12.7. The summed E-state index contributed by atoms with van der Waals surface area (Å²) in [4.78, 5) is 21.9. The predicted octanol–water partition coefficient (Wildman–Crippen LogP) is 4.00. The van der Waals surface area contributed by atoms with Gasteiger partial charge >= 0.3 is 5.97 Å². The fraction of sp³-hybridized carbons (Fsp3) is 0.150. The molecular formula is C20H18N4O2. The lowest BCUT2D eigenvalue weighted by atomic mass is 10.0. The Bertz CT molecular complexity index is 941. The summed E-state index contributed by atoms with van der Waals surface area (Å²) in [5, 5.41) is 12.2. The van der Waals surface area contributed by atoms with Gasteiger partial charge in [0.1, 0.15) is 18.0 Å². The molecule has 0 aliphatic carbocycles. The number of para-hydroxylation sites is 1. The molecule has 0 amide bonds. The Labute approximate surface area is 151 Å². The fourth-order valence-corrected chi connectivity index (χ4v) is 3.18. The number of anilines is 4. The Hall–Kier alpha value is -3.41. The third kappa shape index (κ3) is 3.21. The number of rotatable bonds is 4. The summed E-state index contributed by atoms with van der Waals surface area (Å²) < 4.78 is 0. The Kier molecular flexibility index (Phi) is 4.23. The van der Waals surface area contributed by atoms with Crippen molar-refractivity contribution in [3.05, 3.63) is 72.1 Å². The lowest BCUT2D eigenvalue weighted by Gasteiger charge is -2.30. The molecular weight excluding hydrogens is 328 g/mol. The Morgan fingerprint density at radius 2 is 1.88 bits per heavy atom. The first kappa shape index (κ1) is 16.1. The molecule has 0 spiro atoms. The second kappa shape index (κ2) is 6.84.